The smallest absolute Gasteiger partial charge is 0.0208 e. The fourth-order valence-electron chi connectivity index (χ4n) is 1.25. The summed E-state index contributed by atoms with van der Waals surface area (Å²) in [7, 11) is 0.304. The van der Waals surface area contributed by atoms with Crippen LogP contribution >= 0.6 is 22.6 Å². The topological polar surface area (TPSA) is 0 Å². The summed E-state index contributed by atoms with van der Waals surface area (Å²) in [6.07, 6.45) is 1.36. The lowest BCUT2D eigenvalue weighted by Crippen LogP contribution is -2.09. The summed E-state index contributed by atoms with van der Waals surface area (Å²) < 4.78 is 1.39. The average molecular weight is 284 g/mol. The second-order valence-corrected chi connectivity index (χ2v) is 6.62. The lowest BCUT2D eigenvalue weighted by atomic mass is 9.96. The fraction of sp³-hybridized carbons (Fsp3) is 1.00. The maximum absolute atomic E-state index is 2.50. The van der Waals surface area contributed by atoms with E-state index in [9.17, 15) is 0 Å². The minimum Gasteiger partial charge on any atom is -0.0867 e. The third kappa shape index (κ3) is 6.14. The van der Waals surface area contributed by atoms with Crippen molar-refractivity contribution in [3.8, 4) is 0 Å². The molecule has 0 radical (unpaired) electrons. The first-order chi connectivity index (χ1) is 5.22. The molecular weight excluding hydrogens is 263 g/mol. The Morgan fingerprint density at radius 2 is 1.91 bits per heavy atom. The van der Waals surface area contributed by atoms with E-state index in [4.69, 9.17) is 0 Å². The van der Waals surface area contributed by atoms with Gasteiger partial charge in [-0.25, -0.2) is 0 Å². The molecule has 2 atom stereocenters. The van der Waals surface area contributed by atoms with Gasteiger partial charge in [0.25, 0.3) is 0 Å². The third-order valence-corrected chi connectivity index (χ3v) is 7.03. The predicted octanol–water partition coefficient (Wildman–Crippen LogP) is 3.11. The van der Waals surface area contributed by atoms with E-state index in [-0.39, 0.29) is 0 Å². The Morgan fingerprint density at radius 3 is 2.36 bits per heavy atom. The summed E-state index contributed by atoms with van der Waals surface area (Å²) in [6, 6.07) is 3.11. The van der Waals surface area contributed by atoms with Gasteiger partial charge in [-0.3, -0.25) is 0 Å². The zero-order valence-electron chi connectivity index (χ0n) is 8.07. The van der Waals surface area contributed by atoms with Gasteiger partial charge in [-0.2, -0.15) is 0 Å². The van der Waals surface area contributed by atoms with Crippen LogP contribution in [-0.2, 0) is 0 Å². The number of alkyl halides is 1. The Balaban J connectivity index is 3.28. The molecule has 0 amide bonds. The molecule has 0 spiro atoms. The maximum atomic E-state index is 2.50. The number of rotatable bonds is 6. The third-order valence-electron chi connectivity index (χ3n) is 2.66. The van der Waals surface area contributed by atoms with Crippen LogP contribution in [0.3, 0.4) is 0 Å². The van der Waals surface area contributed by atoms with Gasteiger partial charge in [0.15, 0.2) is 0 Å². The van der Waals surface area contributed by atoms with Crippen LogP contribution in [0.15, 0.2) is 0 Å². The molecule has 68 valence electrons. The first-order valence-electron chi connectivity index (χ1n) is 4.78. The molecule has 0 aromatic rings. The minimum absolute atomic E-state index is 0.304. The van der Waals surface area contributed by atoms with Crippen LogP contribution in [0.4, 0.5) is 0 Å². The van der Waals surface area contributed by atoms with Crippen LogP contribution in [0.2, 0.25) is 12.1 Å². The van der Waals surface area contributed by atoms with Gasteiger partial charge in [-0.05, 0) is 16.3 Å². The van der Waals surface area contributed by atoms with E-state index in [0.717, 1.165) is 11.8 Å². The predicted molar refractivity (Wildman–Crippen MR) is 65.7 cm³/mol. The van der Waals surface area contributed by atoms with Crippen LogP contribution in [0, 0.1) is 11.8 Å². The van der Waals surface area contributed by atoms with E-state index in [1.165, 1.54) is 10.8 Å². The molecule has 0 aliphatic carbocycles. The first-order valence-corrected chi connectivity index (χ1v) is 8.30. The van der Waals surface area contributed by atoms with Crippen molar-refractivity contribution < 1.29 is 0 Å². The molecule has 0 aromatic heterocycles. The first kappa shape index (κ1) is 11.9. The number of halogens is 1. The Kier molecular flexibility index (Phi) is 8.24. The molecule has 11 heavy (non-hydrogen) atoms. The van der Waals surface area contributed by atoms with Crippen LogP contribution in [0.1, 0.15) is 27.2 Å². The molecule has 0 fully saturated rings. The standard InChI is InChI=1S/C9H21ISi/c1-4-8(2)9(3)7-11-6-5-10/h8-9H,4-7,11H2,1-3H3. The summed E-state index contributed by atoms with van der Waals surface area (Å²) in [5, 5.41) is 0. The van der Waals surface area contributed by atoms with Crippen molar-refractivity contribution in [2.75, 3.05) is 4.43 Å². The van der Waals surface area contributed by atoms with Gasteiger partial charge in [-0.1, -0.05) is 61.9 Å². The number of hydrogen-bond acceptors (Lipinski definition) is 0. The van der Waals surface area contributed by atoms with Crippen molar-refractivity contribution in [1.29, 1.82) is 0 Å². The molecule has 2 heteroatoms. The maximum Gasteiger partial charge on any atom is 0.0208 e. The SMILES string of the molecule is CCC(C)C(C)C[SiH2]CCI. The Bertz CT molecular complexity index is 85.6. The zero-order chi connectivity index (χ0) is 8.69. The van der Waals surface area contributed by atoms with E-state index in [1.807, 2.05) is 0 Å². The fourth-order valence-corrected chi connectivity index (χ4v) is 4.56. The molecule has 0 saturated carbocycles. The molecular formula is C9H21ISi. The normalized spacial score (nSPS) is 17.5. The van der Waals surface area contributed by atoms with Crippen molar-refractivity contribution in [1.82, 2.24) is 0 Å². The van der Waals surface area contributed by atoms with Crippen molar-refractivity contribution in [3.63, 3.8) is 0 Å². The number of hydrogen-bond donors (Lipinski definition) is 0. The molecule has 0 saturated heterocycles. The highest BCUT2D eigenvalue weighted by Crippen LogP contribution is 2.18. The van der Waals surface area contributed by atoms with Gasteiger partial charge in [0.2, 0.25) is 0 Å². The summed E-state index contributed by atoms with van der Waals surface area (Å²) in [4.78, 5) is 0. The van der Waals surface area contributed by atoms with E-state index < -0.39 is 0 Å². The highest BCUT2D eigenvalue weighted by Gasteiger charge is 2.08. The summed E-state index contributed by atoms with van der Waals surface area (Å²) in [6.45, 7) is 7.12. The highest BCUT2D eigenvalue weighted by molar-refractivity contribution is 14.1. The molecule has 0 N–H and O–H groups in total. The molecule has 0 rings (SSSR count). The van der Waals surface area contributed by atoms with Crippen LogP contribution in [-0.4, -0.2) is 13.9 Å². The minimum atomic E-state index is 0.304. The molecule has 2 unspecified atom stereocenters. The van der Waals surface area contributed by atoms with Gasteiger partial charge in [0.1, 0.15) is 0 Å². The lowest BCUT2D eigenvalue weighted by Gasteiger charge is -2.17. The van der Waals surface area contributed by atoms with Crippen molar-refractivity contribution in [2.24, 2.45) is 11.8 Å². The summed E-state index contributed by atoms with van der Waals surface area (Å²) in [5.74, 6) is 1.95. The van der Waals surface area contributed by atoms with Crippen LogP contribution in [0.25, 0.3) is 0 Å². The molecule has 0 heterocycles. The monoisotopic (exact) mass is 284 g/mol. The largest absolute Gasteiger partial charge is 0.0867 e. The van der Waals surface area contributed by atoms with Crippen molar-refractivity contribution in [3.05, 3.63) is 0 Å². The molecule has 0 nitrogen and oxygen atoms in total. The highest BCUT2D eigenvalue weighted by atomic mass is 127. The molecule has 0 bridgehead atoms. The molecule has 0 aliphatic heterocycles. The lowest BCUT2D eigenvalue weighted by molar-refractivity contribution is 0.406. The van der Waals surface area contributed by atoms with Gasteiger partial charge in [0.05, 0.1) is 0 Å². The van der Waals surface area contributed by atoms with E-state index >= 15 is 0 Å². The van der Waals surface area contributed by atoms with E-state index in [0.29, 0.717) is 9.52 Å². The quantitative estimate of drug-likeness (QED) is 0.304. The van der Waals surface area contributed by atoms with Gasteiger partial charge in [0, 0.05) is 9.52 Å². The van der Waals surface area contributed by atoms with Crippen LogP contribution < -0.4 is 0 Å². The van der Waals surface area contributed by atoms with Crippen molar-refractivity contribution in [2.45, 2.75) is 39.3 Å². The van der Waals surface area contributed by atoms with E-state index in [2.05, 4.69) is 43.4 Å². The summed E-state index contributed by atoms with van der Waals surface area (Å²) >= 11 is 2.50. The Labute approximate surface area is 87.5 Å². The molecule has 0 aliphatic rings. The van der Waals surface area contributed by atoms with E-state index in [1.54, 1.807) is 12.1 Å². The van der Waals surface area contributed by atoms with Gasteiger partial charge < -0.3 is 0 Å². The molecule has 0 aromatic carbocycles. The second kappa shape index (κ2) is 7.59. The Morgan fingerprint density at radius 1 is 1.27 bits per heavy atom. The van der Waals surface area contributed by atoms with Crippen molar-refractivity contribution >= 4 is 32.1 Å². The Hall–Kier alpha value is 0.947. The summed E-state index contributed by atoms with van der Waals surface area (Å²) in [5.41, 5.74) is 0. The average Bonchev–Trinajstić information content (AvgIpc) is 2.03. The second-order valence-electron chi connectivity index (χ2n) is 3.55. The van der Waals surface area contributed by atoms with Gasteiger partial charge >= 0.3 is 0 Å². The van der Waals surface area contributed by atoms with Gasteiger partial charge in [-0.15, -0.1) is 0 Å². The zero-order valence-corrected chi connectivity index (χ0v) is 11.6. The van der Waals surface area contributed by atoms with Crippen LogP contribution in [0.5, 0.6) is 0 Å².